The summed E-state index contributed by atoms with van der Waals surface area (Å²) < 4.78 is 10.5. The number of amides is 2. The molecule has 0 atom stereocenters. The number of thiophene rings is 1. The van der Waals surface area contributed by atoms with Crippen LogP contribution in [0.1, 0.15) is 20.8 Å². The van der Waals surface area contributed by atoms with Crippen molar-refractivity contribution in [3.05, 3.63) is 41.4 Å². The first-order chi connectivity index (χ1) is 11.7. The Bertz CT molecular complexity index is 738. The zero-order valence-electron chi connectivity index (χ0n) is 14.1. The van der Waals surface area contributed by atoms with E-state index in [1.165, 1.54) is 11.3 Å². The standard InChI is InChI=1S/C17H19ClN2O4S/c1-17(2,3)24-16(22)20-15-9-8-14(25-15)19-13(21)10-23-12-6-4-11(18)5-7-12/h4-9H,10H2,1-3H3,(H,19,21)(H,20,22). The monoisotopic (exact) mass is 382 g/mol. The fraction of sp³-hybridized carbons (Fsp3) is 0.294. The van der Waals surface area contributed by atoms with Gasteiger partial charge in [-0.1, -0.05) is 11.6 Å². The smallest absolute Gasteiger partial charge is 0.412 e. The van der Waals surface area contributed by atoms with E-state index in [0.29, 0.717) is 20.8 Å². The van der Waals surface area contributed by atoms with E-state index in [9.17, 15) is 9.59 Å². The third-order valence-corrected chi connectivity index (χ3v) is 3.84. The van der Waals surface area contributed by atoms with Crippen LogP contribution >= 0.6 is 22.9 Å². The number of carbonyl (C=O) groups excluding carboxylic acids is 2. The Morgan fingerprint density at radius 1 is 1.04 bits per heavy atom. The van der Waals surface area contributed by atoms with Crippen LogP contribution in [-0.4, -0.2) is 24.2 Å². The fourth-order valence-corrected chi connectivity index (χ4v) is 2.66. The van der Waals surface area contributed by atoms with Gasteiger partial charge in [-0.25, -0.2) is 4.79 Å². The summed E-state index contributed by atoms with van der Waals surface area (Å²) in [6.07, 6.45) is -0.543. The van der Waals surface area contributed by atoms with Gasteiger partial charge < -0.3 is 14.8 Å². The van der Waals surface area contributed by atoms with Gasteiger partial charge >= 0.3 is 6.09 Å². The molecule has 1 heterocycles. The highest BCUT2D eigenvalue weighted by molar-refractivity contribution is 7.20. The van der Waals surface area contributed by atoms with Gasteiger partial charge in [0.25, 0.3) is 5.91 Å². The number of carbonyl (C=O) groups is 2. The van der Waals surface area contributed by atoms with Crippen molar-refractivity contribution in [3.63, 3.8) is 0 Å². The lowest BCUT2D eigenvalue weighted by Crippen LogP contribution is -2.26. The molecule has 2 N–H and O–H groups in total. The van der Waals surface area contributed by atoms with Crippen molar-refractivity contribution in [2.24, 2.45) is 0 Å². The fourth-order valence-electron chi connectivity index (χ4n) is 1.73. The second-order valence-electron chi connectivity index (χ2n) is 6.08. The van der Waals surface area contributed by atoms with E-state index in [1.807, 2.05) is 0 Å². The molecule has 1 aromatic heterocycles. The normalized spacial score (nSPS) is 10.9. The zero-order valence-corrected chi connectivity index (χ0v) is 15.7. The van der Waals surface area contributed by atoms with Gasteiger partial charge in [0, 0.05) is 5.02 Å². The van der Waals surface area contributed by atoms with Crippen LogP contribution in [0.5, 0.6) is 5.75 Å². The van der Waals surface area contributed by atoms with Gasteiger partial charge in [0.2, 0.25) is 0 Å². The van der Waals surface area contributed by atoms with Crippen LogP contribution in [0.25, 0.3) is 0 Å². The molecular weight excluding hydrogens is 364 g/mol. The van der Waals surface area contributed by atoms with Crippen LogP contribution in [0.3, 0.4) is 0 Å². The Morgan fingerprint density at radius 3 is 2.24 bits per heavy atom. The van der Waals surface area contributed by atoms with E-state index in [1.54, 1.807) is 57.2 Å². The lowest BCUT2D eigenvalue weighted by molar-refractivity contribution is -0.118. The molecule has 0 saturated heterocycles. The summed E-state index contributed by atoms with van der Waals surface area (Å²) >= 11 is 7.01. The van der Waals surface area contributed by atoms with Crippen LogP contribution < -0.4 is 15.4 Å². The van der Waals surface area contributed by atoms with E-state index >= 15 is 0 Å². The average Bonchev–Trinajstić information content (AvgIpc) is 2.91. The highest BCUT2D eigenvalue weighted by atomic mass is 35.5. The molecule has 8 heteroatoms. The van der Waals surface area contributed by atoms with Gasteiger partial charge in [0.05, 0.1) is 10.0 Å². The van der Waals surface area contributed by atoms with Crippen LogP contribution in [0, 0.1) is 0 Å². The summed E-state index contributed by atoms with van der Waals surface area (Å²) in [5, 5.41) is 7.08. The number of halogens is 1. The average molecular weight is 383 g/mol. The van der Waals surface area contributed by atoms with Crippen LogP contribution in [0.15, 0.2) is 36.4 Å². The molecule has 6 nitrogen and oxygen atoms in total. The molecule has 0 unspecified atom stereocenters. The lowest BCUT2D eigenvalue weighted by Gasteiger charge is -2.19. The first kappa shape index (κ1) is 19.1. The van der Waals surface area contributed by atoms with Gasteiger partial charge in [-0.2, -0.15) is 0 Å². The van der Waals surface area contributed by atoms with E-state index in [4.69, 9.17) is 21.1 Å². The molecule has 0 fully saturated rings. The quantitative estimate of drug-likeness (QED) is 0.781. The van der Waals surface area contributed by atoms with Crippen LogP contribution in [0.4, 0.5) is 14.8 Å². The Balaban J connectivity index is 1.80. The lowest BCUT2D eigenvalue weighted by atomic mass is 10.2. The number of benzene rings is 1. The van der Waals surface area contributed by atoms with E-state index < -0.39 is 11.7 Å². The van der Waals surface area contributed by atoms with Crippen molar-refractivity contribution >= 4 is 44.9 Å². The van der Waals surface area contributed by atoms with Crippen molar-refractivity contribution in [1.29, 1.82) is 0 Å². The minimum absolute atomic E-state index is 0.131. The van der Waals surface area contributed by atoms with E-state index in [0.717, 1.165) is 0 Å². The number of hydrogen-bond acceptors (Lipinski definition) is 5. The summed E-state index contributed by atoms with van der Waals surface area (Å²) in [7, 11) is 0. The summed E-state index contributed by atoms with van der Waals surface area (Å²) in [5.74, 6) is 0.249. The second-order valence-corrected chi connectivity index (χ2v) is 7.60. The summed E-state index contributed by atoms with van der Waals surface area (Å²) in [4.78, 5) is 23.6. The maximum absolute atomic E-state index is 11.9. The molecular formula is C17H19ClN2O4S. The minimum Gasteiger partial charge on any atom is -0.484 e. The van der Waals surface area contributed by atoms with Gasteiger partial charge in [-0.3, -0.25) is 10.1 Å². The molecule has 0 aliphatic heterocycles. The van der Waals surface area contributed by atoms with Crippen molar-refractivity contribution in [1.82, 2.24) is 0 Å². The molecule has 0 radical (unpaired) electrons. The van der Waals surface area contributed by atoms with Crippen molar-refractivity contribution < 1.29 is 19.1 Å². The summed E-state index contributed by atoms with van der Waals surface area (Å²) in [6, 6.07) is 10.1. The maximum Gasteiger partial charge on any atom is 0.412 e. The molecule has 0 bridgehead atoms. The van der Waals surface area contributed by atoms with Crippen LogP contribution in [0.2, 0.25) is 5.02 Å². The molecule has 0 saturated carbocycles. The van der Waals surface area contributed by atoms with Gasteiger partial charge in [-0.05, 0) is 57.2 Å². The molecule has 134 valence electrons. The molecule has 0 aliphatic rings. The summed E-state index contributed by atoms with van der Waals surface area (Å²) in [6.45, 7) is 5.22. The summed E-state index contributed by atoms with van der Waals surface area (Å²) in [5.41, 5.74) is -0.572. The topological polar surface area (TPSA) is 76.7 Å². The predicted octanol–water partition coefficient (Wildman–Crippen LogP) is 4.77. The van der Waals surface area contributed by atoms with E-state index in [2.05, 4.69) is 10.6 Å². The second kappa shape index (κ2) is 8.22. The van der Waals surface area contributed by atoms with Crippen LogP contribution in [-0.2, 0) is 9.53 Å². The maximum atomic E-state index is 11.9. The Labute approximate surface area is 155 Å². The Morgan fingerprint density at radius 2 is 1.64 bits per heavy atom. The minimum atomic E-state index is -0.572. The Kier molecular flexibility index (Phi) is 6.27. The number of anilines is 2. The third kappa shape index (κ3) is 7.03. The first-order valence-electron chi connectivity index (χ1n) is 7.49. The van der Waals surface area contributed by atoms with Gasteiger partial charge in [0.1, 0.15) is 11.4 Å². The molecule has 25 heavy (non-hydrogen) atoms. The van der Waals surface area contributed by atoms with Crippen molar-refractivity contribution in [3.8, 4) is 5.75 Å². The highest BCUT2D eigenvalue weighted by Gasteiger charge is 2.17. The highest BCUT2D eigenvalue weighted by Crippen LogP contribution is 2.27. The number of rotatable bonds is 5. The van der Waals surface area contributed by atoms with Gasteiger partial charge in [-0.15, -0.1) is 11.3 Å². The molecule has 0 aliphatic carbocycles. The largest absolute Gasteiger partial charge is 0.484 e. The number of nitrogens with one attached hydrogen (secondary N) is 2. The van der Waals surface area contributed by atoms with Gasteiger partial charge in [0.15, 0.2) is 6.61 Å². The molecule has 2 aromatic rings. The Hall–Kier alpha value is -2.25. The molecule has 1 aromatic carbocycles. The first-order valence-corrected chi connectivity index (χ1v) is 8.69. The zero-order chi connectivity index (χ0) is 18.4. The van der Waals surface area contributed by atoms with Crippen molar-refractivity contribution in [2.75, 3.05) is 17.2 Å². The molecule has 2 rings (SSSR count). The number of ether oxygens (including phenoxy) is 2. The predicted molar refractivity (Wildman–Crippen MR) is 99.8 cm³/mol. The third-order valence-electron chi connectivity index (χ3n) is 2.68. The molecule has 2 amide bonds. The van der Waals surface area contributed by atoms with Crippen molar-refractivity contribution in [2.45, 2.75) is 26.4 Å². The molecule has 0 spiro atoms. The number of hydrogen-bond donors (Lipinski definition) is 2. The SMILES string of the molecule is CC(C)(C)OC(=O)Nc1ccc(NC(=O)COc2ccc(Cl)cc2)s1. The van der Waals surface area contributed by atoms with E-state index in [-0.39, 0.29) is 12.5 Å².